The van der Waals surface area contributed by atoms with Crippen LogP contribution in [0.5, 0.6) is 5.88 Å². The number of hydrogen-bond acceptors (Lipinski definition) is 6. The Hall–Kier alpha value is -3.96. The summed E-state index contributed by atoms with van der Waals surface area (Å²) in [6.07, 6.45) is -0.480. The Morgan fingerprint density at radius 1 is 1.16 bits per heavy atom. The third kappa shape index (κ3) is 5.07. The summed E-state index contributed by atoms with van der Waals surface area (Å²) in [4.78, 5) is 36.9. The summed E-state index contributed by atoms with van der Waals surface area (Å²) < 4.78 is 44.6. The van der Waals surface area contributed by atoms with E-state index in [0.29, 0.717) is 28.1 Å². The Kier molecular flexibility index (Phi) is 6.49. The summed E-state index contributed by atoms with van der Waals surface area (Å²) in [5, 5.41) is 6.68. The minimum Gasteiger partial charge on any atom is -0.480 e. The highest BCUT2D eigenvalue weighted by Crippen LogP contribution is 2.43. The number of pyridine rings is 2. The van der Waals surface area contributed by atoms with Crippen molar-refractivity contribution >= 4 is 17.5 Å². The number of ether oxygens (including phenoxy) is 1. The average molecular weight is 531 g/mol. The van der Waals surface area contributed by atoms with E-state index in [0.717, 1.165) is 4.68 Å². The quantitative estimate of drug-likeness (QED) is 0.516. The number of rotatable bonds is 5. The van der Waals surface area contributed by atoms with Gasteiger partial charge in [0.2, 0.25) is 5.88 Å². The molecule has 1 aliphatic rings. The predicted molar refractivity (Wildman–Crippen MR) is 134 cm³/mol. The first kappa shape index (κ1) is 27.1. The molecule has 202 valence electrons. The number of carbonyl (C=O) groups excluding carboxylic acids is 2. The van der Waals surface area contributed by atoms with Crippen LogP contribution < -0.4 is 15.0 Å². The molecule has 9 nitrogen and oxygen atoms in total. The molecule has 1 aliphatic heterocycles. The van der Waals surface area contributed by atoms with Gasteiger partial charge < -0.3 is 10.1 Å². The molecule has 38 heavy (non-hydrogen) atoms. The van der Waals surface area contributed by atoms with Crippen molar-refractivity contribution in [2.75, 3.05) is 12.0 Å². The summed E-state index contributed by atoms with van der Waals surface area (Å²) in [7, 11) is 1.42. The number of methoxy groups -OCH3 is 1. The van der Waals surface area contributed by atoms with Gasteiger partial charge >= 0.3 is 6.18 Å². The second-order valence-corrected chi connectivity index (χ2v) is 10.7. The maximum Gasteiger partial charge on any atom is 0.408 e. The van der Waals surface area contributed by atoms with E-state index in [-0.39, 0.29) is 28.9 Å². The zero-order chi connectivity index (χ0) is 28.2. The van der Waals surface area contributed by atoms with Gasteiger partial charge in [-0.2, -0.15) is 18.3 Å². The smallest absolute Gasteiger partial charge is 0.408 e. The number of alkyl halides is 3. The molecule has 12 heteroatoms. The third-order valence-corrected chi connectivity index (χ3v) is 6.06. The summed E-state index contributed by atoms with van der Waals surface area (Å²) in [5.74, 6) is -0.587. The zero-order valence-corrected chi connectivity index (χ0v) is 22.2. The minimum absolute atomic E-state index is 0.158. The monoisotopic (exact) mass is 530 g/mol. The van der Waals surface area contributed by atoms with E-state index >= 15 is 0 Å². The topological polar surface area (TPSA) is 102 Å². The number of nitrogens with one attached hydrogen (secondary N) is 1. The molecule has 4 rings (SSSR count). The molecule has 3 aromatic heterocycles. The maximum absolute atomic E-state index is 13.5. The van der Waals surface area contributed by atoms with Gasteiger partial charge in [0.1, 0.15) is 12.1 Å². The molecule has 0 aromatic carbocycles. The van der Waals surface area contributed by atoms with E-state index in [1.807, 2.05) is 20.8 Å². The molecule has 2 amide bonds. The molecule has 4 heterocycles. The summed E-state index contributed by atoms with van der Waals surface area (Å²) in [6.45, 7) is 9.61. The lowest BCUT2D eigenvalue weighted by atomic mass is 9.96. The fourth-order valence-electron chi connectivity index (χ4n) is 4.51. The van der Waals surface area contributed by atoms with Gasteiger partial charge in [0, 0.05) is 23.5 Å². The van der Waals surface area contributed by atoms with E-state index < -0.39 is 23.8 Å². The number of hydrogen-bond donors (Lipinski definition) is 1. The highest BCUT2D eigenvalue weighted by atomic mass is 19.4. The predicted octanol–water partition coefficient (Wildman–Crippen LogP) is 4.64. The van der Waals surface area contributed by atoms with Crippen LogP contribution in [0.2, 0.25) is 0 Å². The fourth-order valence-corrected chi connectivity index (χ4v) is 4.51. The molecule has 0 aliphatic carbocycles. The van der Waals surface area contributed by atoms with Crippen molar-refractivity contribution in [3.63, 3.8) is 0 Å². The largest absolute Gasteiger partial charge is 0.480 e. The molecular formula is C26H29F3N6O3. The van der Waals surface area contributed by atoms with E-state index in [2.05, 4.69) is 15.4 Å². The number of amides is 2. The molecule has 0 atom stereocenters. The molecule has 0 bridgehead atoms. The number of carbonyl (C=O) groups is 2. The number of fused-ring (bicyclic) bond motifs is 1. The van der Waals surface area contributed by atoms with Crippen molar-refractivity contribution in [3.05, 3.63) is 53.1 Å². The molecule has 1 N–H and O–H groups in total. The Morgan fingerprint density at radius 3 is 2.45 bits per heavy atom. The van der Waals surface area contributed by atoms with Gasteiger partial charge in [-0.15, -0.1) is 0 Å². The average Bonchev–Trinajstić information content (AvgIpc) is 3.29. The zero-order valence-electron chi connectivity index (χ0n) is 22.2. The second kappa shape index (κ2) is 9.10. The molecule has 3 aromatic rings. The summed E-state index contributed by atoms with van der Waals surface area (Å²) in [6, 6.07) is 3.35. The molecule has 0 saturated heterocycles. The number of aryl methyl sites for hydroxylation is 1. The first-order valence-electron chi connectivity index (χ1n) is 11.8. The third-order valence-electron chi connectivity index (χ3n) is 6.06. The van der Waals surface area contributed by atoms with Gasteiger partial charge in [0.05, 0.1) is 41.5 Å². The Bertz CT molecular complexity index is 1420. The molecule has 0 saturated carbocycles. The summed E-state index contributed by atoms with van der Waals surface area (Å²) in [5.41, 5.74) is 1.46. The van der Waals surface area contributed by atoms with Crippen molar-refractivity contribution in [1.29, 1.82) is 0 Å². The van der Waals surface area contributed by atoms with E-state index in [1.165, 1.54) is 30.6 Å². The van der Waals surface area contributed by atoms with Crippen molar-refractivity contribution < 1.29 is 27.5 Å². The lowest BCUT2D eigenvalue weighted by molar-refractivity contribution is -0.142. The first-order valence-corrected chi connectivity index (χ1v) is 11.8. The van der Waals surface area contributed by atoms with Crippen molar-refractivity contribution in [2.24, 2.45) is 0 Å². The second-order valence-electron chi connectivity index (χ2n) is 10.7. The fraction of sp³-hybridized carbons (Fsp3) is 0.423. The molecular weight excluding hydrogens is 501 g/mol. The normalized spacial score (nSPS) is 15.0. The molecule has 0 fully saturated rings. The minimum atomic E-state index is -4.45. The maximum atomic E-state index is 13.5. The van der Waals surface area contributed by atoms with Gasteiger partial charge in [-0.1, -0.05) is 0 Å². The van der Waals surface area contributed by atoms with E-state index in [9.17, 15) is 22.8 Å². The first-order chi connectivity index (χ1) is 17.5. The van der Waals surface area contributed by atoms with Gasteiger partial charge in [0.25, 0.3) is 11.8 Å². The van der Waals surface area contributed by atoms with Crippen LogP contribution in [0.25, 0.3) is 11.3 Å². The molecule has 0 unspecified atom stereocenters. The van der Waals surface area contributed by atoms with Gasteiger partial charge in [-0.05, 0) is 59.2 Å². The highest BCUT2D eigenvalue weighted by molar-refractivity contribution is 6.12. The van der Waals surface area contributed by atoms with Crippen molar-refractivity contribution in [2.45, 2.75) is 65.3 Å². The molecule has 0 radical (unpaired) electrons. The van der Waals surface area contributed by atoms with Crippen LogP contribution in [0.1, 0.15) is 66.6 Å². The number of halogens is 3. The van der Waals surface area contributed by atoms with E-state index in [4.69, 9.17) is 9.72 Å². The Balaban J connectivity index is 1.76. The lowest BCUT2D eigenvalue weighted by Crippen LogP contribution is -2.40. The van der Waals surface area contributed by atoms with Crippen LogP contribution in [0.4, 0.5) is 18.9 Å². The van der Waals surface area contributed by atoms with Crippen LogP contribution in [0, 0.1) is 6.92 Å². The van der Waals surface area contributed by atoms with Crippen LogP contribution in [0.3, 0.4) is 0 Å². The van der Waals surface area contributed by atoms with Gasteiger partial charge in [-0.25, -0.2) is 9.97 Å². The number of anilines is 1. The Labute approximate surface area is 218 Å². The van der Waals surface area contributed by atoms with Crippen LogP contribution in [0.15, 0.2) is 30.7 Å². The highest BCUT2D eigenvalue weighted by Gasteiger charge is 2.47. The number of nitrogens with zero attached hydrogens (tertiary/aromatic N) is 5. The lowest BCUT2D eigenvalue weighted by Gasteiger charge is -2.30. The van der Waals surface area contributed by atoms with Crippen molar-refractivity contribution in [1.82, 2.24) is 25.1 Å². The van der Waals surface area contributed by atoms with Crippen molar-refractivity contribution in [3.8, 4) is 17.1 Å². The SMILES string of the molecule is COc1ncc(-c2cc(C)c3c(n2)C(C)(C)N(c2cnn(CC(F)(F)F)c2)C3=O)cc1C(=O)NC(C)(C)C. The van der Waals surface area contributed by atoms with Gasteiger partial charge in [0.15, 0.2) is 0 Å². The van der Waals surface area contributed by atoms with Gasteiger partial charge in [-0.3, -0.25) is 19.2 Å². The summed E-state index contributed by atoms with van der Waals surface area (Å²) >= 11 is 0. The Morgan fingerprint density at radius 2 is 1.84 bits per heavy atom. The van der Waals surface area contributed by atoms with E-state index in [1.54, 1.807) is 32.9 Å². The van der Waals surface area contributed by atoms with Crippen LogP contribution in [-0.4, -0.2) is 50.4 Å². The molecule has 0 spiro atoms. The standard InChI is InChI=1S/C26H29F3N6O3/c1-14-8-18(15-9-17(22(38-7)30-10-15)21(36)33-24(2,3)4)32-20-19(14)23(37)35(25(20,5)6)16-11-31-34(12-16)13-26(27,28)29/h8-12H,13H2,1-7H3,(H,33,36). The van der Waals surface area contributed by atoms with Crippen LogP contribution in [-0.2, 0) is 12.1 Å². The number of aromatic nitrogens is 4. The van der Waals surface area contributed by atoms with Crippen LogP contribution >= 0.6 is 0 Å².